The summed E-state index contributed by atoms with van der Waals surface area (Å²) in [4.78, 5) is 51.7. The Labute approximate surface area is 242 Å². The molecule has 1 fully saturated rings. The zero-order chi connectivity index (χ0) is 29.0. The highest BCUT2D eigenvalue weighted by Gasteiger charge is 2.37. The molecule has 1 aliphatic heterocycles. The van der Waals surface area contributed by atoms with Gasteiger partial charge >= 0.3 is 6.03 Å². The topological polar surface area (TPSA) is 114 Å². The second-order valence-corrected chi connectivity index (χ2v) is 9.76. The van der Waals surface area contributed by atoms with Gasteiger partial charge in [0.15, 0.2) is 18.1 Å². The number of ether oxygens (including phenoxy) is 2. The molecule has 0 atom stereocenters. The van der Waals surface area contributed by atoms with Crippen molar-refractivity contribution in [2.45, 2.75) is 13.8 Å². The van der Waals surface area contributed by atoms with E-state index in [0.29, 0.717) is 20.6 Å². The van der Waals surface area contributed by atoms with E-state index in [9.17, 15) is 23.6 Å². The van der Waals surface area contributed by atoms with Gasteiger partial charge in [0.1, 0.15) is 11.4 Å². The number of amides is 5. The molecule has 1 aliphatic rings. The molecule has 9 nitrogen and oxygen atoms in total. The molecule has 1 heterocycles. The van der Waals surface area contributed by atoms with Crippen LogP contribution in [0, 0.1) is 12.7 Å². The number of urea groups is 1. The SMILES string of the molecule is CCOc1cc(/C=C2\C(=O)NC(=O)N(c3cc(Cl)ccc3C)C2=O)cc(Br)c1OCC(=O)Nc1ccccc1F. The minimum Gasteiger partial charge on any atom is -0.490 e. The van der Waals surface area contributed by atoms with Gasteiger partial charge in [0.2, 0.25) is 0 Å². The summed E-state index contributed by atoms with van der Waals surface area (Å²) >= 11 is 9.45. The Balaban J connectivity index is 1.61. The van der Waals surface area contributed by atoms with Crippen molar-refractivity contribution in [3.63, 3.8) is 0 Å². The van der Waals surface area contributed by atoms with E-state index < -0.39 is 36.2 Å². The highest BCUT2D eigenvalue weighted by molar-refractivity contribution is 9.10. The van der Waals surface area contributed by atoms with Crippen molar-refractivity contribution in [1.29, 1.82) is 0 Å². The van der Waals surface area contributed by atoms with Crippen LogP contribution in [0.15, 0.2) is 64.6 Å². The van der Waals surface area contributed by atoms with Gasteiger partial charge in [-0.2, -0.15) is 0 Å². The first-order valence-corrected chi connectivity index (χ1v) is 13.1. The van der Waals surface area contributed by atoms with Gasteiger partial charge < -0.3 is 14.8 Å². The maximum Gasteiger partial charge on any atom is 0.335 e. The summed E-state index contributed by atoms with van der Waals surface area (Å²) in [5.74, 6) is -2.50. The fourth-order valence-corrected chi connectivity index (χ4v) is 4.57. The van der Waals surface area contributed by atoms with E-state index in [0.717, 1.165) is 4.90 Å². The van der Waals surface area contributed by atoms with Crippen molar-refractivity contribution in [2.75, 3.05) is 23.4 Å². The number of rotatable bonds is 8. The average molecular weight is 631 g/mol. The predicted octanol–water partition coefficient (Wildman–Crippen LogP) is 5.63. The molecule has 0 aliphatic carbocycles. The van der Waals surface area contributed by atoms with E-state index in [1.165, 1.54) is 36.4 Å². The Bertz CT molecular complexity index is 1560. The molecule has 206 valence electrons. The van der Waals surface area contributed by atoms with Crippen LogP contribution in [-0.2, 0) is 14.4 Å². The standard InChI is InChI=1S/C28H22BrClFN3O6/c1-3-39-23-12-16(11-19(29)25(23)40-14-24(35)32-21-7-5-4-6-20(21)31)10-18-26(36)33-28(38)34(27(18)37)22-13-17(30)9-8-15(22)2/h4-13H,3,14H2,1-2H3,(H,32,35)(H,33,36,38)/b18-10+. The number of hydrogen-bond donors (Lipinski definition) is 2. The molecule has 0 spiro atoms. The molecule has 0 bridgehead atoms. The zero-order valence-electron chi connectivity index (χ0n) is 21.2. The van der Waals surface area contributed by atoms with E-state index in [1.54, 1.807) is 38.1 Å². The number of para-hydroxylation sites is 1. The molecule has 40 heavy (non-hydrogen) atoms. The summed E-state index contributed by atoms with van der Waals surface area (Å²) in [7, 11) is 0. The Hall–Kier alpha value is -4.22. The molecule has 0 radical (unpaired) electrons. The third kappa shape index (κ3) is 6.32. The number of benzene rings is 3. The van der Waals surface area contributed by atoms with Crippen molar-refractivity contribution in [1.82, 2.24) is 5.32 Å². The summed E-state index contributed by atoms with van der Waals surface area (Å²) in [5.41, 5.74) is 0.920. The number of halogens is 3. The highest BCUT2D eigenvalue weighted by Crippen LogP contribution is 2.38. The Morgan fingerprint density at radius 1 is 1.12 bits per heavy atom. The molecule has 0 aromatic heterocycles. The molecule has 3 aromatic carbocycles. The maximum atomic E-state index is 13.8. The monoisotopic (exact) mass is 629 g/mol. The quantitative estimate of drug-likeness (QED) is 0.246. The predicted molar refractivity (Wildman–Crippen MR) is 151 cm³/mol. The molecule has 2 N–H and O–H groups in total. The molecule has 4 rings (SSSR count). The van der Waals surface area contributed by atoms with Crippen LogP contribution in [-0.4, -0.2) is 37.0 Å². The first-order chi connectivity index (χ1) is 19.1. The zero-order valence-corrected chi connectivity index (χ0v) is 23.6. The maximum absolute atomic E-state index is 13.8. The van der Waals surface area contributed by atoms with Gasteiger partial charge in [-0.3, -0.25) is 19.7 Å². The van der Waals surface area contributed by atoms with Crippen molar-refractivity contribution in [2.24, 2.45) is 0 Å². The van der Waals surface area contributed by atoms with Crippen molar-refractivity contribution in [3.8, 4) is 11.5 Å². The second kappa shape index (κ2) is 12.3. The van der Waals surface area contributed by atoms with E-state index >= 15 is 0 Å². The molecule has 1 saturated heterocycles. The lowest BCUT2D eigenvalue weighted by Gasteiger charge is -2.27. The molecular formula is C28H22BrClFN3O6. The van der Waals surface area contributed by atoms with Crippen molar-refractivity contribution < 1.29 is 33.0 Å². The van der Waals surface area contributed by atoms with E-state index in [2.05, 4.69) is 26.6 Å². The average Bonchev–Trinajstić information content (AvgIpc) is 2.89. The van der Waals surface area contributed by atoms with Crippen molar-refractivity contribution >= 4 is 68.7 Å². The summed E-state index contributed by atoms with van der Waals surface area (Å²) in [6.45, 7) is 3.22. The minimum absolute atomic E-state index is 0.0121. The number of nitrogens with zero attached hydrogens (tertiary/aromatic N) is 1. The third-order valence-electron chi connectivity index (χ3n) is 5.65. The Kier molecular flexibility index (Phi) is 8.86. The summed E-state index contributed by atoms with van der Waals surface area (Å²) in [6.07, 6.45) is 1.30. The van der Waals surface area contributed by atoms with Gasteiger partial charge in [0.25, 0.3) is 17.7 Å². The van der Waals surface area contributed by atoms with Gasteiger partial charge in [0, 0.05) is 5.02 Å². The van der Waals surface area contributed by atoms with Gasteiger partial charge in [-0.1, -0.05) is 29.8 Å². The number of carbonyl (C=O) groups excluding carboxylic acids is 4. The normalized spacial score (nSPS) is 14.3. The molecular weight excluding hydrogens is 609 g/mol. The second-order valence-electron chi connectivity index (χ2n) is 8.47. The fraction of sp³-hybridized carbons (Fsp3) is 0.143. The van der Waals surface area contributed by atoms with E-state index in [4.69, 9.17) is 21.1 Å². The summed E-state index contributed by atoms with van der Waals surface area (Å²) in [5, 5.41) is 4.92. The van der Waals surface area contributed by atoms with Gasteiger partial charge in [0.05, 0.1) is 22.5 Å². The molecule has 0 saturated carbocycles. The molecule has 12 heteroatoms. The lowest BCUT2D eigenvalue weighted by atomic mass is 10.1. The van der Waals surface area contributed by atoms with Gasteiger partial charge in [-0.15, -0.1) is 0 Å². The van der Waals surface area contributed by atoms with Gasteiger partial charge in [-0.25, -0.2) is 14.1 Å². The number of anilines is 2. The lowest BCUT2D eigenvalue weighted by molar-refractivity contribution is -0.122. The number of hydrogen-bond acceptors (Lipinski definition) is 6. The Morgan fingerprint density at radius 3 is 2.60 bits per heavy atom. The smallest absolute Gasteiger partial charge is 0.335 e. The van der Waals surface area contributed by atoms with E-state index in [-0.39, 0.29) is 35.1 Å². The van der Waals surface area contributed by atoms with Crippen LogP contribution in [0.1, 0.15) is 18.1 Å². The Morgan fingerprint density at radius 2 is 1.88 bits per heavy atom. The summed E-state index contributed by atoms with van der Waals surface area (Å²) in [6, 6.07) is 12.6. The lowest BCUT2D eigenvalue weighted by Crippen LogP contribution is -2.54. The van der Waals surface area contributed by atoms with Crippen LogP contribution in [0.5, 0.6) is 11.5 Å². The van der Waals surface area contributed by atoms with Crippen LogP contribution >= 0.6 is 27.5 Å². The van der Waals surface area contributed by atoms with Crippen LogP contribution in [0.4, 0.5) is 20.6 Å². The number of nitrogens with one attached hydrogen (secondary N) is 2. The first kappa shape index (κ1) is 28.8. The number of aryl methyl sites for hydroxylation is 1. The minimum atomic E-state index is -0.897. The molecule has 5 amide bonds. The van der Waals surface area contributed by atoms with Crippen LogP contribution in [0.25, 0.3) is 6.08 Å². The van der Waals surface area contributed by atoms with Crippen molar-refractivity contribution in [3.05, 3.63) is 86.6 Å². The van der Waals surface area contributed by atoms with Gasteiger partial charge in [-0.05, 0) is 83.4 Å². The van der Waals surface area contributed by atoms with Crippen LogP contribution in [0.3, 0.4) is 0 Å². The number of carbonyl (C=O) groups is 4. The van der Waals surface area contributed by atoms with E-state index in [1.807, 2.05) is 0 Å². The van der Waals surface area contributed by atoms with Crippen LogP contribution in [0.2, 0.25) is 5.02 Å². The molecule has 3 aromatic rings. The largest absolute Gasteiger partial charge is 0.490 e. The fourth-order valence-electron chi connectivity index (χ4n) is 3.83. The highest BCUT2D eigenvalue weighted by atomic mass is 79.9. The number of barbiturate groups is 1. The first-order valence-electron chi connectivity index (χ1n) is 11.9. The molecule has 0 unspecified atom stereocenters. The number of imide groups is 2. The summed E-state index contributed by atoms with van der Waals surface area (Å²) < 4.78 is 25.5. The van der Waals surface area contributed by atoms with Crippen LogP contribution < -0.4 is 25.0 Å². The third-order valence-corrected chi connectivity index (χ3v) is 6.48.